The number of benzene rings is 2. The highest BCUT2D eigenvalue weighted by Gasteiger charge is 2.26. The molecule has 0 spiro atoms. The fourth-order valence-corrected chi connectivity index (χ4v) is 4.72. The van der Waals surface area contributed by atoms with Crippen molar-refractivity contribution in [1.29, 1.82) is 0 Å². The molecular formula is C26H23N7O3. The van der Waals surface area contributed by atoms with Crippen LogP contribution in [0.15, 0.2) is 55.1 Å². The zero-order valence-electron chi connectivity index (χ0n) is 19.3. The molecule has 4 aromatic rings. The monoisotopic (exact) mass is 481 g/mol. The number of rotatable bonds is 6. The van der Waals surface area contributed by atoms with Crippen molar-refractivity contribution in [3.05, 3.63) is 88.8 Å². The molecular weight excluding hydrogens is 458 g/mol. The average Bonchev–Trinajstić information content (AvgIpc) is 3.68. The van der Waals surface area contributed by atoms with Crippen LogP contribution in [0, 0.1) is 0 Å². The number of nitrogens with one attached hydrogen (secondary N) is 3. The summed E-state index contributed by atoms with van der Waals surface area (Å²) in [5.41, 5.74) is 5.60. The topological polar surface area (TPSA) is 135 Å². The first kappa shape index (κ1) is 21.9. The molecule has 0 saturated carbocycles. The lowest BCUT2D eigenvalue weighted by Gasteiger charge is -2.14. The molecule has 3 heterocycles. The molecule has 2 aromatic carbocycles. The molecule has 1 aliphatic heterocycles. The molecule has 0 bridgehead atoms. The second-order valence-corrected chi connectivity index (χ2v) is 8.82. The fourth-order valence-electron chi connectivity index (χ4n) is 4.72. The molecule has 2 aromatic heterocycles. The number of aryl methyl sites for hydroxylation is 1. The summed E-state index contributed by atoms with van der Waals surface area (Å²) in [7, 11) is 0. The lowest BCUT2D eigenvalue weighted by Crippen LogP contribution is -2.29. The van der Waals surface area contributed by atoms with Crippen molar-refractivity contribution < 1.29 is 14.3 Å². The van der Waals surface area contributed by atoms with Gasteiger partial charge in [-0.15, -0.1) is 0 Å². The predicted octanol–water partition coefficient (Wildman–Crippen LogP) is 2.54. The van der Waals surface area contributed by atoms with E-state index in [4.69, 9.17) is 4.74 Å². The van der Waals surface area contributed by atoms with Gasteiger partial charge < -0.3 is 15.4 Å². The number of hydrogen-bond acceptors (Lipinski definition) is 7. The van der Waals surface area contributed by atoms with Crippen LogP contribution in [0.3, 0.4) is 0 Å². The van der Waals surface area contributed by atoms with E-state index in [1.165, 1.54) is 18.7 Å². The summed E-state index contributed by atoms with van der Waals surface area (Å²) in [5.74, 6) is 0.899. The first-order chi connectivity index (χ1) is 17.6. The quantitative estimate of drug-likeness (QED) is 0.385. The molecule has 6 rings (SSSR count). The Bertz CT molecular complexity index is 1450. The molecule has 0 unspecified atom stereocenters. The van der Waals surface area contributed by atoms with E-state index in [2.05, 4.69) is 41.8 Å². The van der Waals surface area contributed by atoms with Crippen molar-refractivity contribution >= 4 is 11.8 Å². The first-order valence-electron chi connectivity index (χ1n) is 11.8. The summed E-state index contributed by atoms with van der Waals surface area (Å²) < 4.78 is 5.52. The van der Waals surface area contributed by atoms with Gasteiger partial charge in [-0.3, -0.25) is 14.7 Å². The molecule has 180 valence electrons. The molecule has 2 aliphatic rings. The van der Waals surface area contributed by atoms with E-state index in [-0.39, 0.29) is 29.2 Å². The minimum absolute atomic E-state index is 0.132. The smallest absolute Gasteiger partial charge is 0.270 e. The van der Waals surface area contributed by atoms with Crippen LogP contribution in [-0.2, 0) is 19.4 Å². The number of aromatic amines is 1. The van der Waals surface area contributed by atoms with Crippen LogP contribution in [-0.4, -0.2) is 43.6 Å². The van der Waals surface area contributed by atoms with Crippen LogP contribution >= 0.6 is 0 Å². The summed E-state index contributed by atoms with van der Waals surface area (Å²) >= 11 is 0. The van der Waals surface area contributed by atoms with Crippen LogP contribution in [0.4, 0.5) is 0 Å². The van der Waals surface area contributed by atoms with Crippen LogP contribution in [0.5, 0.6) is 5.75 Å². The van der Waals surface area contributed by atoms with Gasteiger partial charge in [0.25, 0.3) is 11.8 Å². The van der Waals surface area contributed by atoms with Crippen molar-refractivity contribution in [3.63, 3.8) is 0 Å². The number of carbonyl (C=O) groups excluding carboxylic acids is 2. The SMILES string of the molecule is O=C(NCc1ccc2c(c1)CCO2)c1cc(C(=O)N[C@H]2CCc3cc(-c4ncn[nH]4)ccc32)ncn1. The van der Waals surface area contributed by atoms with E-state index < -0.39 is 0 Å². The van der Waals surface area contributed by atoms with E-state index in [9.17, 15) is 9.59 Å². The summed E-state index contributed by atoms with van der Waals surface area (Å²) in [5, 5.41) is 12.7. The largest absolute Gasteiger partial charge is 0.493 e. The second kappa shape index (κ2) is 9.21. The molecule has 10 heteroatoms. The van der Waals surface area contributed by atoms with Crippen molar-refractivity contribution in [2.45, 2.75) is 31.8 Å². The van der Waals surface area contributed by atoms with Gasteiger partial charge in [0, 0.05) is 24.6 Å². The molecule has 0 saturated heterocycles. The third kappa shape index (κ3) is 4.28. The summed E-state index contributed by atoms with van der Waals surface area (Å²) in [6, 6.07) is 13.2. The van der Waals surface area contributed by atoms with Gasteiger partial charge in [-0.05, 0) is 47.2 Å². The van der Waals surface area contributed by atoms with Gasteiger partial charge in [0.15, 0.2) is 5.82 Å². The van der Waals surface area contributed by atoms with Crippen molar-refractivity contribution in [3.8, 4) is 17.1 Å². The zero-order valence-corrected chi connectivity index (χ0v) is 19.3. The summed E-state index contributed by atoms with van der Waals surface area (Å²) in [6.07, 6.45) is 5.21. The molecule has 1 aliphatic carbocycles. The van der Waals surface area contributed by atoms with E-state index in [1.54, 1.807) is 0 Å². The number of nitrogens with zero attached hydrogens (tertiary/aromatic N) is 4. The van der Waals surface area contributed by atoms with Crippen molar-refractivity contribution in [2.75, 3.05) is 6.61 Å². The van der Waals surface area contributed by atoms with Gasteiger partial charge in [0.1, 0.15) is 29.8 Å². The molecule has 0 radical (unpaired) electrons. The van der Waals surface area contributed by atoms with Gasteiger partial charge >= 0.3 is 0 Å². The van der Waals surface area contributed by atoms with Gasteiger partial charge in [0.05, 0.1) is 12.6 Å². The average molecular weight is 482 g/mol. The van der Waals surface area contributed by atoms with Crippen molar-refractivity contribution in [1.82, 2.24) is 35.8 Å². The van der Waals surface area contributed by atoms with E-state index in [0.717, 1.165) is 52.8 Å². The standard InChI is InChI=1S/C26H23N7O3/c34-25(27-12-15-1-6-23-17(9-15)7-8-36-23)21-11-22(29-13-28-21)26(35)32-20-5-3-16-10-18(2-4-19(16)20)24-30-14-31-33-24/h1-2,4,6,9-11,13-14,20H,3,5,7-8,12H2,(H,27,34)(H,32,35)(H,30,31,33)/t20-/m0/s1. The molecule has 0 fully saturated rings. The van der Waals surface area contributed by atoms with E-state index >= 15 is 0 Å². The maximum absolute atomic E-state index is 13.0. The highest BCUT2D eigenvalue weighted by Crippen LogP contribution is 2.33. The molecule has 3 N–H and O–H groups in total. The summed E-state index contributed by atoms with van der Waals surface area (Å²) in [6.45, 7) is 1.04. The maximum atomic E-state index is 13.0. The Balaban J connectivity index is 1.10. The van der Waals surface area contributed by atoms with Crippen LogP contribution in [0.25, 0.3) is 11.4 Å². The minimum Gasteiger partial charge on any atom is -0.493 e. The number of hydrogen-bond donors (Lipinski definition) is 3. The third-order valence-corrected chi connectivity index (χ3v) is 6.55. The van der Waals surface area contributed by atoms with Gasteiger partial charge in [0.2, 0.25) is 0 Å². The Kier molecular flexibility index (Phi) is 5.61. The molecule has 10 nitrogen and oxygen atoms in total. The zero-order chi connectivity index (χ0) is 24.5. The lowest BCUT2D eigenvalue weighted by atomic mass is 10.0. The second-order valence-electron chi connectivity index (χ2n) is 8.82. The van der Waals surface area contributed by atoms with Crippen LogP contribution < -0.4 is 15.4 Å². The number of aromatic nitrogens is 5. The third-order valence-electron chi connectivity index (χ3n) is 6.55. The maximum Gasteiger partial charge on any atom is 0.270 e. The number of carbonyl (C=O) groups is 2. The lowest BCUT2D eigenvalue weighted by molar-refractivity contribution is 0.0931. The van der Waals surface area contributed by atoms with E-state index in [1.807, 2.05) is 30.3 Å². The van der Waals surface area contributed by atoms with Gasteiger partial charge in [-0.25, -0.2) is 15.0 Å². The van der Waals surface area contributed by atoms with Crippen LogP contribution in [0.1, 0.15) is 55.7 Å². The van der Waals surface area contributed by atoms with E-state index in [0.29, 0.717) is 19.0 Å². The fraction of sp³-hybridized carbons (Fsp3) is 0.231. The molecule has 1 atom stereocenters. The highest BCUT2D eigenvalue weighted by molar-refractivity contribution is 5.97. The Morgan fingerprint density at radius 3 is 2.69 bits per heavy atom. The molecule has 36 heavy (non-hydrogen) atoms. The number of amides is 2. The van der Waals surface area contributed by atoms with Crippen LogP contribution in [0.2, 0.25) is 0 Å². The first-order valence-corrected chi connectivity index (χ1v) is 11.8. The van der Waals surface area contributed by atoms with Gasteiger partial charge in [-0.1, -0.05) is 24.3 Å². The summed E-state index contributed by atoms with van der Waals surface area (Å²) in [4.78, 5) is 38.0. The Hall–Kier alpha value is -4.60. The number of fused-ring (bicyclic) bond motifs is 2. The predicted molar refractivity (Wildman–Crippen MR) is 129 cm³/mol. The Morgan fingerprint density at radius 1 is 0.944 bits per heavy atom. The highest BCUT2D eigenvalue weighted by atomic mass is 16.5. The normalized spacial score (nSPS) is 15.6. The number of H-pyrrole nitrogens is 1. The molecule has 2 amide bonds. The number of ether oxygens (including phenoxy) is 1. The van der Waals surface area contributed by atoms with Gasteiger partial charge in [-0.2, -0.15) is 5.10 Å². The van der Waals surface area contributed by atoms with Crippen molar-refractivity contribution in [2.24, 2.45) is 0 Å². The Morgan fingerprint density at radius 2 is 1.83 bits per heavy atom. The minimum atomic E-state index is -0.366. The Labute approximate surface area is 206 Å².